The van der Waals surface area contributed by atoms with Gasteiger partial charge in [-0.1, -0.05) is 0 Å². The molecule has 3 rings (SSSR count). The average molecular weight is 560 g/mol. The van der Waals surface area contributed by atoms with Crippen molar-refractivity contribution in [2.75, 3.05) is 26.7 Å². The predicted octanol–water partition coefficient (Wildman–Crippen LogP) is 3.43. The van der Waals surface area contributed by atoms with Gasteiger partial charge in [-0.05, 0) is 71.5 Å². The Labute approximate surface area is 208 Å². The third kappa shape index (κ3) is 7.42. The summed E-state index contributed by atoms with van der Waals surface area (Å²) in [5, 5.41) is 15.0. The molecule has 7 nitrogen and oxygen atoms in total. The highest BCUT2D eigenvalue weighted by Gasteiger charge is 2.20. The van der Waals surface area contributed by atoms with E-state index in [2.05, 4.69) is 63.7 Å². The Morgan fingerprint density at radius 3 is 2.55 bits per heavy atom. The van der Waals surface area contributed by atoms with Crippen LogP contribution in [0.25, 0.3) is 0 Å². The number of likely N-dealkylation sites (tertiary alicyclic amines) is 1. The lowest BCUT2D eigenvalue weighted by atomic mass is 9.97. The molecule has 0 amide bonds. The maximum absolute atomic E-state index is 4.60. The second-order valence-electron chi connectivity index (χ2n) is 8.55. The fraction of sp³-hybridized carbons (Fsp3) is 0.682. The number of aryl methyl sites for hydroxylation is 3. The summed E-state index contributed by atoms with van der Waals surface area (Å²) < 4.78 is 1.96. The number of nitrogens with one attached hydrogen (secondary N) is 2. The Bertz CT molecular complexity index is 852. The molecule has 9 heteroatoms. The fourth-order valence-electron chi connectivity index (χ4n) is 4.20. The van der Waals surface area contributed by atoms with Crippen LogP contribution in [0.2, 0.25) is 0 Å². The minimum absolute atomic E-state index is 0. The summed E-state index contributed by atoms with van der Waals surface area (Å²) in [6.07, 6.45) is 3.38. The van der Waals surface area contributed by atoms with Crippen LogP contribution in [0.4, 0.5) is 0 Å². The van der Waals surface area contributed by atoms with Crippen molar-refractivity contribution in [2.45, 2.75) is 59.5 Å². The molecule has 2 aromatic heterocycles. The highest BCUT2D eigenvalue weighted by atomic mass is 127. The van der Waals surface area contributed by atoms with Gasteiger partial charge in [-0.3, -0.25) is 14.6 Å². The summed E-state index contributed by atoms with van der Waals surface area (Å²) in [4.78, 5) is 11.6. The smallest absolute Gasteiger partial charge is 0.191 e. The van der Waals surface area contributed by atoms with E-state index in [0.29, 0.717) is 12.0 Å². The van der Waals surface area contributed by atoms with E-state index in [4.69, 9.17) is 0 Å². The molecule has 0 saturated carbocycles. The van der Waals surface area contributed by atoms with Gasteiger partial charge < -0.3 is 10.6 Å². The van der Waals surface area contributed by atoms with Gasteiger partial charge in [-0.15, -0.1) is 35.3 Å². The van der Waals surface area contributed by atoms with Gasteiger partial charge in [0.2, 0.25) is 0 Å². The molecule has 1 saturated heterocycles. The minimum Gasteiger partial charge on any atom is -0.356 e. The topological polar surface area (TPSA) is 70.4 Å². The molecule has 3 heterocycles. The molecule has 0 aromatic carbocycles. The van der Waals surface area contributed by atoms with Crippen LogP contribution in [0.5, 0.6) is 0 Å². The van der Waals surface area contributed by atoms with Gasteiger partial charge in [0.1, 0.15) is 0 Å². The van der Waals surface area contributed by atoms with Crippen molar-refractivity contribution in [3.63, 3.8) is 0 Å². The maximum Gasteiger partial charge on any atom is 0.191 e. The summed E-state index contributed by atoms with van der Waals surface area (Å²) in [6.45, 7) is 12.8. The minimum atomic E-state index is 0. The van der Waals surface area contributed by atoms with E-state index in [1.165, 1.54) is 29.8 Å². The number of hydrogen-bond acceptors (Lipinski definition) is 5. The zero-order valence-electron chi connectivity index (χ0n) is 19.7. The first-order chi connectivity index (χ1) is 14.4. The average Bonchev–Trinajstić information content (AvgIpc) is 3.23. The summed E-state index contributed by atoms with van der Waals surface area (Å²) in [5.74, 6) is 1.58. The predicted molar refractivity (Wildman–Crippen MR) is 141 cm³/mol. The van der Waals surface area contributed by atoms with Crippen LogP contribution < -0.4 is 10.6 Å². The Hall–Kier alpha value is -1.20. The first-order valence-electron chi connectivity index (χ1n) is 10.9. The van der Waals surface area contributed by atoms with E-state index in [9.17, 15) is 0 Å². The zero-order chi connectivity index (χ0) is 21.7. The van der Waals surface area contributed by atoms with Crippen molar-refractivity contribution < 1.29 is 0 Å². The molecular formula is C22H38IN7S. The Morgan fingerprint density at radius 2 is 2.00 bits per heavy atom. The van der Waals surface area contributed by atoms with E-state index >= 15 is 0 Å². The summed E-state index contributed by atoms with van der Waals surface area (Å²) in [5.41, 5.74) is 4.90. The monoisotopic (exact) mass is 559 g/mol. The van der Waals surface area contributed by atoms with E-state index in [-0.39, 0.29) is 24.0 Å². The van der Waals surface area contributed by atoms with E-state index in [0.717, 1.165) is 49.3 Å². The first kappa shape index (κ1) is 26.1. The second-order valence-corrected chi connectivity index (χ2v) is 9.62. The molecule has 2 aromatic rings. The molecule has 0 bridgehead atoms. The molecule has 31 heavy (non-hydrogen) atoms. The molecule has 1 aliphatic heterocycles. The van der Waals surface area contributed by atoms with Crippen molar-refractivity contribution >= 4 is 41.3 Å². The highest BCUT2D eigenvalue weighted by molar-refractivity contribution is 14.0. The molecule has 0 aliphatic carbocycles. The molecule has 1 atom stereocenters. The standard InChI is InChI=1S/C22H37N7S.HI/c1-15(11-21-16(2)27-28(6)17(21)3)25-22(23-5)24-12-19-7-9-29(10-8-19)13-20-14-30-18(4)26-20;/h14-15,19H,7-13H2,1-6H3,(H2,23,24,25);1H. The molecule has 1 fully saturated rings. The number of rotatable bonds is 7. The van der Waals surface area contributed by atoms with Crippen LogP contribution in [0.3, 0.4) is 0 Å². The molecule has 2 N–H and O–H groups in total. The van der Waals surface area contributed by atoms with Crippen molar-refractivity contribution in [1.29, 1.82) is 0 Å². The van der Waals surface area contributed by atoms with Crippen LogP contribution in [-0.4, -0.2) is 58.3 Å². The van der Waals surface area contributed by atoms with Crippen LogP contribution >= 0.6 is 35.3 Å². The fourth-order valence-corrected chi connectivity index (χ4v) is 4.80. The molecular weight excluding hydrogens is 521 g/mol. The van der Waals surface area contributed by atoms with Crippen molar-refractivity contribution in [3.05, 3.63) is 33.0 Å². The highest BCUT2D eigenvalue weighted by Crippen LogP contribution is 2.19. The van der Waals surface area contributed by atoms with Crippen molar-refractivity contribution in [1.82, 2.24) is 30.3 Å². The van der Waals surface area contributed by atoms with Gasteiger partial charge in [0, 0.05) is 44.3 Å². The van der Waals surface area contributed by atoms with Gasteiger partial charge in [-0.25, -0.2) is 4.98 Å². The number of aromatic nitrogens is 3. The van der Waals surface area contributed by atoms with Gasteiger partial charge >= 0.3 is 0 Å². The number of nitrogens with zero attached hydrogens (tertiary/aromatic N) is 5. The lowest BCUT2D eigenvalue weighted by Gasteiger charge is -2.32. The SMILES string of the molecule is CN=C(NCC1CCN(Cc2csc(C)n2)CC1)NC(C)Cc1c(C)nn(C)c1C.I. The molecule has 0 radical (unpaired) electrons. The quantitative estimate of drug-likeness (QED) is 0.309. The first-order valence-corrected chi connectivity index (χ1v) is 11.8. The third-order valence-electron chi connectivity index (χ3n) is 6.09. The summed E-state index contributed by atoms with van der Waals surface area (Å²) in [6, 6.07) is 0.293. The van der Waals surface area contributed by atoms with Gasteiger partial charge in [0.15, 0.2) is 5.96 Å². The zero-order valence-corrected chi connectivity index (χ0v) is 22.9. The van der Waals surface area contributed by atoms with Crippen LogP contribution in [0.15, 0.2) is 10.4 Å². The molecule has 1 unspecified atom stereocenters. The van der Waals surface area contributed by atoms with Crippen LogP contribution in [0.1, 0.15) is 47.4 Å². The number of hydrogen-bond donors (Lipinski definition) is 2. The number of halogens is 1. The lowest BCUT2D eigenvalue weighted by Crippen LogP contribution is -2.46. The number of guanidine groups is 1. The molecule has 174 valence electrons. The Balaban J connectivity index is 0.00000341. The van der Waals surface area contributed by atoms with E-state index in [1.54, 1.807) is 11.3 Å². The Kier molecular flexibility index (Phi) is 10.2. The second kappa shape index (κ2) is 12.2. The van der Waals surface area contributed by atoms with Crippen molar-refractivity contribution in [2.24, 2.45) is 18.0 Å². The van der Waals surface area contributed by atoms with Gasteiger partial charge in [-0.2, -0.15) is 5.10 Å². The lowest BCUT2D eigenvalue weighted by molar-refractivity contribution is 0.176. The number of thiazole rings is 1. The molecule has 1 aliphatic rings. The molecule has 0 spiro atoms. The van der Waals surface area contributed by atoms with Crippen LogP contribution in [0, 0.1) is 26.7 Å². The van der Waals surface area contributed by atoms with Crippen LogP contribution in [-0.2, 0) is 20.0 Å². The third-order valence-corrected chi connectivity index (χ3v) is 6.92. The largest absolute Gasteiger partial charge is 0.356 e. The number of piperidine rings is 1. The Morgan fingerprint density at radius 1 is 1.29 bits per heavy atom. The maximum atomic E-state index is 4.60. The van der Waals surface area contributed by atoms with E-state index < -0.39 is 0 Å². The summed E-state index contributed by atoms with van der Waals surface area (Å²) in [7, 11) is 3.86. The van der Waals surface area contributed by atoms with Gasteiger partial charge in [0.05, 0.1) is 16.4 Å². The van der Waals surface area contributed by atoms with Crippen molar-refractivity contribution in [3.8, 4) is 0 Å². The van der Waals surface area contributed by atoms with Gasteiger partial charge in [0.25, 0.3) is 0 Å². The van der Waals surface area contributed by atoms with E-state index in [1.807, 2.05) is 18.8 Å². The number of aliphatic imine (C=N–C) groups is 1. The normalized spacial score (nSPS) is 16.8. The summed E-state index contributed by atoms with van der Waals surface area (Å²) >= 11 is 1.74.